The van der Waals surface area contributed by atoms with Crippen molar-refractivity contribution < 1.29 is 149 Å². The van der Waals surface area contributed by atoms with E-state index in [1.54, 1.807) is 0 Å². The molecular weight excluding hydrogens is 1040 g/mol. The van der Waals surface area contributed by atoms with Crippen molar-refractivity contribution in [3.8, 4) is 0 Å². The van der Waals surface area contributed by atoms with E-state index in [0.717, 1.165) is 0 Å². The average Bonchev–Trinajstić information content (AvgIpc) is 2.66. The van der Waals surface area contributed by atoms with E-state index in [-0.39, 0.29) is 23.1 Å². The summed E-state index contributed by atoms with van der Waals surface area (Å²) in [6.07, 6.45) is 0. The third-order valence-corrected chi connectivity index (χ3v) is 22.1. The third-order valence-electron chi connectivity index (χ3n) is 2.55. The van der Waals surface area contributed by atoms with Crippen molar-refractivity contribution in [2.75, 3.05) is 0 Å². The van der Waals surface area contributed by atoms with E-state index in [9.17, 15) is 113 Å². The van der Waals surface area contributed by atoms with Crippen LogP contribution in [0.4, 0.5) is 79.0 Å². The van der Waals surface area contributed by atoms with Crippen molar-refractivity contribution in [3.05, 3.63) is 0 Å². The van der Waals surface area contributed by atoms with E-state index in [2.05, 4.69) is 10.1 Å². The molecule has 0 amide bonds. The second kappa shape index (κ2) is 16.6. The van der Waals surface area contributed by atoms with E-state index in [0.29, 0.717) is 0 Å². The van der Waals surface area contributed by atoms with Crippen LogP contribution in [-0.4, -0.2) is 136 Å². The Hall–Kier alpha value is -0.235. The van der Waals surface area contributed by atoms with Crippen molar-refractivity contribution in [1.29, 1.82) is 0 Å². The molecule has 0 aliphatic carbocycles. The number of hydrogen-bond donors (Lipinski definition) is 0. The molecule has 0 aromatic heterocycles. The molecule has 0 heterocycles. The Morgan fingerprint density at radius 1 is 0.320 bits per heavy atom. The summed E-state index contributed by atoms with van der Waals surface area (Å²) in [5, 5.41) is 0. The Kier molecular flexibility index (Phi) is 18.8. The molecule has 0 aromatic rings. The van der Waals surface area contributed by atoms with Crippen LogP contribution in [0.3, 0.4) is 0 Å². The van der Waals surface area contributed by atoms with E-state index < -0.39 is 114 Å². The van der Waals surface area contributed by atoms with Gasteiger partial charge in [-0.1, -0.05) is 0 Å². The van der Waals surface area contributed by atoms with Gasteiger partial charge < -0.3 is 9.11 Å². The van der Waals surface area contributed by atoms with Gasteiger partial charge >= 0.3 is 213 Å². The van der Waals surface area contributed by atoms with Crippen LogP contribution in [0.2, 0.25) is 0 Å². The van der Waals surface area contributed by atoms with Crippen molar-refractivity contribution in [2.45, 2.75) is 33.0 Å². The molecule has 0 spiro atoms. The molecule has 0 saturated carbocycles. The fraction of sp³-hybridized carbons (Fsp3) is 1.00. The molecule has 50 heavy (non-hydrogen) atoms. The second-order valence-electron chi connectivity index (χ2n) is 6.23. The molecular formula is C6F18MgO18S6Sn. The van der Waals surface area contributed by atoms with Crippen LogP contribution in [0.5, 0.6) is 0 Å². The maximum Gasteiger partial charge on any atom is 2.00 e. The van der Waals surface area contributed by atoms with Crippen molar-refractivity contribution in [3.63, 3.8) is 0 Å². The summed E-state index contributed by atoms with van der Waals surface area (Å²) in [6, 6.07) is 0. The van der Waals surface area contributed by atoms with Gasteiger partial charge in [0.25, 0.3) is 0 Å². The molecule has 18 nitrogen and oxygen atoms in total. The Balaban J connectivity index is -0.000000510. The Morgan fingerprint density at radius 3 is 0.480 bits per heavy atom. The minimum Gasteiger partial charge on any atom is 2.00 e. The van der Waals surface area contributed by atoms with E-state index in [4.69, 9.17) is 25.9 Å². The molecule has 0 fully saturated rings. The minimum absolute atomic E-state index is 0. The van der Waals surface area contributed by atoms with Gasteiger partial charge in [-0.2, -0.15) is 26.3 Å². The average molecular weight is 1040 g/mol. The number of rotatable bonds is 8. The summed E-state index contributed by atoms with van der Waals surface area (Å²) >= 11 is -10.1. The summed E-state index contributed by atoms with van der Waals surface area (Å²) in [5.41, 5.74) is -39.7. The van der Waals surface area contributed by atoms with Gasteiger partial charge in [-0.15, -0.1) is 0 Å². The molecule has 0 unspecified atom stereocenters. The first-order chi connectivity index (χ1) is 20.3. The number of halogens is 18. The summed E-state index contributed by atoms with van der Waals surface area (Å²) < 4.78 is 363. The Bertz CT molecular complexity index is 1580. The molecule has 0 bridgehead atoms. The van der Waals surface area contributed by atoms with Crippen LogP contribution in [0, 0.1) is 0 Å². The number of hydrogen-bond acceptors (Lipinski definition) is 18. The predicted molar refractivity (Wildman–Crippen MR) is 107 cm³/mol. The zero-order chi connectivity index (χ0) is 41.3. The quantitative estimate of drug-likeness (QED) is 0.139. The van der Waals surface area contributed by atoms with Gasteiger partial charge in [0.15, 0.2) is 20.2 Å². The monoisotopic (exact) mass is 1040 g/mol. The van der Waals surface area contributed by atoms with Gasteiger partial charge in [0, 0.05) is 0 Å². The van der Waals surface area contributed by atoms with E-state index in [1.165, 1.54) is 0 Å². The standard InChI is InChI=1S/6CHF3O3S.Mg.Sn/c6*2-1(3,4)8(5,6)7;;/h6*(H,5,6,7);;/q;;;;;;+2;+4/p-6. The Labute approximate surface area is 284 Å². The third kappa shape index (κ3) is 17.3. The zero-order valence-corrected chi connectivity index (χ0v) is 30.0. The summed E-state index contributed by atoms with van der Waals surface area (Å²) in [4.78, 5) is 0. The fourth-order valence-electron chi connectivity index (χ4n) is 0.810. The maximum absolute atomic E-state index is 12.4. The molecule has 0 rings (SSSR count). The van der Waals surface area contributed by atoms with E-state index >= 15 is 0 Å². The van der Waals surface area contributed by atoms with E-state index in [1.807, 2.05) is 0 Å². The number of alkyl halides is 18. The predicted octanol–water partition coefficient (Wildman–Crippen LogP) is 0.609. The second-order valence-corrected chi connectivity index (χ2v) is 23.7. The van der Waals surface area contributed by atoms with Gasteiger partial charge in [-0.05, 0) is 0 Å². The SMILES string of the molecule is O=S(=O)([O-])C(F)(F)F.O=S(=O)([O-])C(F)(F)F.O=S(=O)([O][Sn]([O]S(=O)(=O)C(F)(F)F)([O]S(=O)(=O)C(F)(F)F)[O]S(=O)(=O)C(F)(F)F)C(F)(F)F.[Mg+2]. The van der Waals surface area contributed by atoms with Crippen LogP contribution < -0.4 is 0 Å². The van der Waals surface area contributed by atoms with Gasteiger partial charge in [0.2, 0.25) is 0 Å². The summed E-state index contributed by atoms with van der Waals surface area (Å²) in [6.45, 7) is 0. The molecule has 0 aromatic carbocycles. The Morgan fingerprint density at radius 2 is 0.420 bits per heavy atom. The largest absolute Gasteiger partial charge is 2.00 e. The molecule has 0 saturated heterocycles. The van der Waals surface area contributed by atoms with Crippen LogP contribution in [0.1, 0.15) is 0 Å². The molecule has 44 heteroatoms. The molecule has 0 aliphatic heterocycles. The van der Waals surface area contributed by atoms with Crippen LogP contribution in [0.15, 0.2) is 0 Å². The molecule has 0 atom stereocenters. The first-order valence-corrected chi connectivity index (χ1v) is 21.6. The van der Waals surface area contributed by atoms with Crippen molar-refractivity contribution in [1.82, 2.24) is 0 Å². The van der Waals surface area contributed by atoms with Gasteiger partial charge in [-0.3, -0.25) is 0 Å². The first kappa shape index (κ1) is 56.5. The van der Waals surface area contributed by atoms with Crippen LogP contribution >= 0.6 is 0 Å². The topological polar surface area (TPSA) is 288 Å². The van der Waals surface area contributed by atoms with Crippen molar-refractivity contribution >= 4 is 104 Å². The minimum atomic E-state index is -10.1. The van der Waals surface area contributed by atoms with Gasteiger partial charge in [-0.25, -0.2) is 16.8 Å². The summed E-state index contributed by atoms with van der Waals surface area (Å²) in [5.74, 6) is 0. The van der Waals surface area contributed by atoms with Gasteiger partial charge in [0.1, 0.15) is 0 Å². The molecule has 0 radical (unpaired) electrons. The smallest absolute Gasteiger partial charge is 2.00 e. The zero-order valence-electron chi connectivity index (χ0n) is 20.8. The molecule has 0 aliphatic rings. The maximum atomic E-state index is 12.4. The van der Waals surface area contributed by atoms with Crippen LogP contribution in [-0.2, 0) is 70.8 Å². The fourth-order valence-corrected chi connectivity index (χ4v) is 19.7. The van der Waals surface area contributed by atoms with Gasteiger partial charge in [0.05, 0.1) is 0 Å². The summed E-state index contributed by atoms with van der Waals surface area (Å²) in [7, 11) is -44.1. The normalized spacial score (nSPS) is 15.1. The molecule has 300 valence electrons. The first-order valence-electron chi connectivity index (χ1n) is 8.44. The van der Waals surface area contributed by atoms with Crippen molar-refractivity contribution in [2.24, 2.45) is 0 Å². The molecule has 0 N–H and O–H groups in total. The van der Waals surface area contributed by atoms with Crippen LogP contribution in [0.25, 0.3) is 0 Å².